The van der Waals surface area contributed by atoms with Crippen molar-refractivity contribution < 1.29 is 4.74 Å². The van der Waals surface area contributed by atoms with Crippen LogP contribution in [0.3, 0.4) is 0 Å². The summed E-state index contributed by atoms with van der Waals surface area (Å²) in [6.07, 6.45) is 5.11. The summed E-state index contributed by atoms with van der Waals surface area (Å²) in [5, 5.41) is 0. The van der Waals surface area contributed by atoms with Crippen molar-refractivity contribution in [2.45, 2.75) is 59.1 Å². The lowest BCUT2D eigenvalue weighted by Crippen LogP contribution is -2.24. The fraction of sp³-hybridized carbons (Fsp3) is 0.667. The van der Waals surface area contributed by atoms with Gasteiger partial charge < -0.3 is 10.5 Å². The molecule has 0 amide bonds. The number of nitrogens with zero attached hydrogens (tertiary/aromatic N) is 1. The fourth-order valence-corrected chi connectivity index (χ4v) is 2.68. The number of hydrogen-bond donors (Lipinski definition) is 1. The monoisotopic (exact) mass is 248 g/mol. The second-order valence-corrected chi connectivity index (χ2v) is 5.57. The maximum absolute atomic E-state index is 6.10. The zero-order valence-electron chi connectivity index (χ0n) is 11.7. The standard InChI is InChI=1S/C15H24N2O/c1-10-4-6-13(7-5-10)18-15-14(9-16)11(2)8-12(3)17-15/h8,10,13H,4-7,9,16H2,1-3H3. The topological polar surface area (TPSA) is 48.1 Å². The first-order valence-electron chi connectivity index (χ1n) is 6.94. The lowest BCUT2D eigenvalue weighted by molar-refractivity contribution is 0.128. The summed E-state index contributed by atoms with van der Waals surface area (Å²) in [7, 11) is 0. The summed E-state index contributed by atoms with van der Waals surface area (Å²) in [5.74, 6) is 1.60. The average molecular weight is 248 g/mol. The van der Waals surface area contributed by atoms with E-state index in [-0.39, 0.29) is 0 Å². The number of pyridine rings is 1. The Morgan fingerprint density at radius 1 is 1.28 bits per heavy atom. The van der Waals surface area contributed by atoms with Crippen LogP contribution in [0.1, 0.15) is 49.4 Å². The van der Waals surface area contributed by atoms with Gasteiger partial charge in [-0.2, -0.15) is 0 Å². The van der Waals surface area contributed by atoms with E-state index in [0.717, 1.165) is 35.9 Å². The van der Waals surface area contributed by atoms with Crippen molar-refractivity contribution in [3.8, 4) is 5.88 Å². The third kappa shape index (κ3) is 3.02. The maximum Gasteiger partial charge on any atom is 0.218 e. The minimum atomic E-state index is 0.320. The van der Waals surface area contributed by atoms with Gasteiger partial charge in [0.05, 0.1) is 0 Å². The molecule has 1 heterocycles. The predicted octanol–water partition coefficient (Wildman–Crippen LogP) is 3.11. The molecule has 1 aliphatic carbocycles. The van der Waals surface area contributed by atoms with Crippen LogP contribution in [-0.4, -0.2) is 11.1 Å². The molecule has 0 aliphatic heterocycles. The molecule has 2 N–H and O–H groups in total. The van der Waals surface area contributed by atoms with E-state index in [1.54, 1.807) is 0 Å². The van der Waals surface area contributed by atoms with E-state index in [9.17, 15) is 0 Å². The number of nitrogens with two attached hydrogens (primary N) is 1. The summed E-state index contributed by atoms with van der Waals surface area (Å²) in [6, 6.07) is 2.07. The van der Waals surface area contributed by atoms with Gasteiger partial charge in [0.15, 0.2) is 0 Å². The molecule has 0 bridgehead atoms. The third-order valence-electron chi connectivity index (χ3n) is 3.88. The highest BCUT2D eigenvalue weighted by atomic mass is 16.5. The molecule has 1 aromatic rings. The quantitative estimate of drug-likeness (QED) is 0.894. The number of hydrogen-bond acceptors (Lipinski definition) is 3. The molecule has 18 heavy (non-hydrogen) atoms. The molecule has 0 unspecified atom stereocenters. The Morgan fingerprint density at radius 3 is 2.56 bits per heavy atom. The SMILES string of the molecule is Cc1cc(C)c(CN)c(OC2CCC(C)CC2)n1. The van der Waals surface area contributed by atoms with Crippen LogP contribution >= 0.6 is 0 Å². The molecule has 0 atom stereocenters. The van der Waals surface area contributed by atoms with Gasteiger partial charge in [-0.05, 0) is 57.1 Å². The van der Waals surface area contributed by atoms with Gasteiger partial charge in [-0.1, -0.05) is 6.92 Å². The smallest absolute Gasteiger partial charge is 0.218 e. The van der Waals surface area contributed by atoms with Gasteiger partial charge in [0, 0.05) is 17.8 Å². The first-order valence-corrected chi connectivity index (χ1v) is 6.94. The van der Waals surface area contributed by atoms with Crippen LogP contribution in [0.15, 0.2) is 6.07 Å². The molecule has 0 saturated heterocycles. The summed E-state index contributed by atoms with van der Waals surface area (Å²) in [6.45, 7) is 6.89. The van der Waals surface area contributed by atoms with E-state index >= 15 is 0 Å². The number of aromatic nitrogens is 1. The van der Waals surface area contributed by atoms with Crippen molar-refractivity contribution in [1.82, 2.24) is 4.98 Å². The van der Waals surface area contributed by atoms with E-state index in [1.165, 1.54) is 18.4 Å². The molecule has 100 valence electrons. The lowest BCUT2D eigenvalue weighted by Gasteiger charge is -2.27. The average Bonchev–Trinajstić information content (AvgIpc) is 2.32. The first kappa shape index (κ1) is 13.3. The van der Waals surface area contributed by atoms with Crippen LogP contribution < -0.4 is 10.5 Å². The van der Waals surface area contributed by atoms with Gasteiger partial charge in [-0.15, -0.1) is 0 Å². The van der Waals surface area contributed by atoms with Gasteiger partial charge in [0.1, 0.15) is 6.10 Å². The molecule has 2 rings (SSSR count). The number of rotatable bonds is 3. The van der Waals surface area contributed by atoms with Crippen molar-refractivity contribution in [2.24, 2.45) is 11.7 Å². The summed E-state index contributed by atoms with van der Waals surface area (Å²) in [5.41, 5.74) is 9.05. The summed E-state index contributed by atoms with van der Waals surface area (Å²) < 4.78 is 6.10. The van der Waals surface area contributed by atoms with Crippen molar-refractivity contribution in [1.29, 1.82) is 0 Å². The van der Waals surface area contributed by atoms with Gasteiger partial charge in [0.2, 0.25) is 5.88 Å². The zero-order valence-corrected chi connectivity index (χ0v) is 11.7. The molecular weight excluding hydrogens is 224 g/mol. The highest BCUT2D eigenvalue weighted by molar-refractivity contribution is 5.35. The van der Waals surface area contributed by atoms with Crippen LogP contribution in [0.2, 0.25) is 0 Å². The Bertz CT molecular complexity index is 409. The zero-order chi connectivity index (χ0) is 13.1. The Balaban J connectivity index is 2.13. The van der Waals surface area contributed by atoms with Crippen LogP contribution in [0.5, 0.6) is 5.88 Å². The van der Waals surface area contributed by atoms with E-state index in [4.69, 9.17) is 10.5 Å². The van der Waals surface area contributed by atoms with Gasteiger partial charge in [0.25, 0.3) is 0 Å². The molecule has 3 heteroatoms. The molecule has 0 spiro atoms. The highest BCUT2D eigenvalue weighted by Gasteiger charge is 2.21. The third-order valence-corrected chi connectivity index (χ3v) is 3.88. The minimum Gasteiger partial charge on any atom is -0.474 e. The number of ether oxygens (including phenoxy) is 1. The van der Waals surface area contributed by atoms with E-state index in [1.807, 2.05) is 6.92 Å². The van der Waals surface area contributed by atoms with E-state index < -0.39 is 0 Å². The second-order valence-electron chi connectivity index (χ2n) is 5.57. The van der Waals surface area contributed by atoms with Crippen LogP contribution in [0, 0.1) is 19.8 Å². The largest absolute Gasteiger partial charge is 0.474 e. The molecule has 0 radical (unpaired) electrons. The van der Waals surface area contributed by atoms with Crippen molar-refractivity contribution in [2.75, 3.05) is 0 Å². The minimum absolute atomic E-state index is 0.320. The van der Waals surface area contributed by atoms with Crippen LogP contribution in [0.4, 0.5) is 0 Å². The summed E-state index contributed by atoms with van der Waals surface area (Å²) >= 11 is 0. The van der Waals surface area contributed by atoms with Crippen molar-refractivity contribution in [3.05, 3.63) is 22.9 Å². The molecule has 1 aliphatic rings. The normalized spacial score (nSPS) is 24.0. The van der Waals surface area contributed by atoms with Crippen molar-refractivity contribution >= 4 is 0 Å². The Morgan fingerprint density at radius 2 is 1.94 bits per heavy atom. The fourth-order valence-electron chi connectivity index (χ4n) is 2.68. The molecule has 1 fully saturated rings. The number of aryl methyl sites for hydroxylation is 2. The lowest BCUT2D eigenvalue weighted by atomic mass is 9.89. The van der Waals surface area contributed by atoms with Gasteiger partial charge in [-0.3, -0.25) is 0 Å². The Hall–Kier alpha value is -1.09. The van der Waals surface area contributed by atoms with Crippen LogP contribution in [-0.2, 0) is 6.54 Å². The van der Waals surface area contributed by atoms with E-state index in [0.29, 0.717) is 12.6 Å². The molecule has 1 saturated carbocycles. The highest BCUT2D eigenvalue weighted by Crippen LogP contribution is 2.29. The van der Waals surface area contributed by atoms with Gasteiger partial charge in [-0.25, -0.2) is 4.98 Å². The second kappa shape index (κ2) is 5.70. The van der Waals surface area contributed by atoms with Crippen LogP contribution in [0.25, 0.3) is 0 Å². The first-order chi connectivity index (χ1) is 8.60. The Labute approximate surface area is 110 Å². The summed E-state index contributed by atoms with van der Waals surface area (Å²) in [4.78, 5) is 4.52. The van der Waals surface area contributed by atoms with Gasteiger partial charge >= 0.3 is 0 Å². The van der Waals surface area contributed by atoms with Crippen molar-refractivity contribution in [3.63, 3.8) is 0 Å². The molecule has 3 nitrogen and oxygen atoms in total. The maximum atomic E-state index is 6.10. The van der Waals surface area contributed by atoms with E-state index in [2.05, 4.69) is 24.9 Å². The molecular formula is C15H24N2O. The molecule has 0 aromatic carbocycles. The predicted molar refractivity (Wildman–Crippen MR) is 73.7 cm³/mol. The Kier molecular flexibility index (Phi) is 4.23. The molecule has 1 aromatic heterocycles.